The summed E-state index contributed by atoms with van der Waals surface area (Å²) in [5, 5.41) is 8.17. The maximum absolute atomic E-state index is 12.2. The Morgan fingerprint density at radius 2 is 2.10 bits per heavy atom. The van der Waals surface area contributed by atoms with Gasteiger partial charge in [-0.25, -0.2) is 9.67 Å². The molecule has 0 radical (unpaired) electrons. The summed E-state index contributed by atoms with van der Waals surface area (Å²) in [7, 11) is 0. The molecule has 0 atom stereocenters. The van der Waals surface area contributed by atoms with Crippen LogP contribution in [0.25, 0.3) is 16.6 Å². The number of carbonyl (C=O) groups excluding carboxylic acids is 1. The van der Waals surface area contributed by atoms with Crippen molar-refractivity contribution in [1.82, 2.24) is 20.1 Å². The van der Waals surface area contributed by atoms with Crippen LogP contribution in [-0.2, 0) is 0 Å². The molecular weight excluding hydrogens is 284 g/mol. The summed E-state index contributed by atoms with van der Waals surface area (Å²) in [4.78, 5) is 16.4. The second-order valence-electron chi connectivity index (χ2n) is 4.47. The van der Waals surface area contributed by atoms with Crippen LogP contribution in [0.4, 0.5) is 0 Å². The fourth-order valence-corrected chi connectivity index (χ4v) is 2.27. The number of nitrogens with one attached hydrogen (secondary N) is 1. The monoisotopic (exact) mass is 298 g/mol. The molecule has 5 nitrogen and oxygen atoms in total. The van der Waals surface area contributed by atoms with E-state index >= 15 is 0 Å². The lowest BCUT2D eigenvalue weighted by atomic mass is 10.2. The summed E-state index contributed by atoms with van der Waals surface area (Å²) in [5.41, 5.74) is 1.96. The Labute approximate surface area is 127 Å². The highest BCUT2D eigenvalue weighted by Gasteiger charge is 2.15. The number of amides is 1. The van der Waals surface area contributed by atoms with Crippen molar-refractivity contribution < 1.29 is 4.79 Å². The van der Waals surface area contributed by atoms with Crippen LogP contribution in [0.3, 0.4) is 0 Å². The Morgan fingerprint density at radius 3 is 2.95 bits per heavy atom. The minimum absolute atomic E-state index is 0.223. The summed E-state index contributed by atoms with van der Waals surface area (Å²) in [6.45, 7) is 0.498. The third-order valence-electron chi connectivity index (χ3n) is 3.10. The van der Waals surface area contributed by atoms with Crippen molar-refractivity contribution in [2.45, 2.75) is 0 Å². The summed E-state index contributed by atoms with van der Waals surface area (Å²) >= 11 is 4.09. The van der Waals surface area contributed by atoms with Gasteiger partial charge in [-0.05, 0) is 18.2 Å². The van der Waals surface area contributed by atoms with Crippen LogP contribution in [-0.4, -0.2) is 33.0 Å². The Kier molecular flexibility index (Phi) is 3.87. The van der Waals surface area contributed by atoms with Crippen LogP contribution >= 0.6 is 12.6 Å². The maximum atomic E-state index is 12.2. The number of fused-ring (bicyclic) bond motifs is 1. The summed E-state index contributed by atoms with van der Waals surface area (Å²) in [6, 6.07) is 11.5. The number of aromatic nitrogens is 3. The number of pyridine rings is 1. The van der Waals surface area contributed by atoms with Crippen LogP contribution in [0.2, 0.25) is 0 Å². The number of hydrogen-bond acceptors (Lipinski definition) is 4. The molecule has 0 spiro atoms. The fourth-order valence-electron chi connectivity index (χ4n) is 2.16. The van der Waals surface area contributed by atoms with Gasteiger partial charge in [0.2, 0.25) is 0 Å². The van der Waals surface area contributed by atoms with Crippen molar-refractivity contribution in [1.29, 1.82) is 0 Å². The highest BCUT2D eigenvalue weighted by atomic mass is 32.1. The molecule has 0 aliphatic heterocycles. The zero-order chi connectivity index (χ0) is 14.7. The molecule has 0 saturated heterocycles. The Bertz CT molecular complexity index is 784. The predicted octanol–water partition coefficient (Wildman–Crippen LogP) is 2.08. The van der Waals surface area contributed by atoms with Crippen molar-refractivity contribution in [2.75, 3.05) is 12.3 Å². The van der Waals surface area contributed by atoms with Gasteiger partial charge in [0.25, 0.3) is 5.91 Å². The van der Waals surface area contributed by atoms with Gasteiger partial charge in [-0.1, -0.05) is 18.2 Å². The van der Waals surface area contributed by atoms with E-state index in [-0.39, 0.29) is 5.91 Å². The zero-order valence-electron chi connectivity index (χ0n) is 11.2. The molecule has 3 rings (SSSR count). The lowest BCUT2D eigenvalue weighted by Gasteiger charge is -2.09. The van der Waals surface area contributed by atoms with Gasteiger partial charge >= 0.3 is 0 Å². The molecule has 0 bridgehead atoms. The highest BCUT2D eigenvalue weighted by molar-refractivity contribution is 7.80. The van der Waals surface area contributed by atoms with Crippen molar-refractivity contribution in [2.24, 2.45) is 0 Å². The van der Waals surface area contributed by atoms with Crippen LogP contribution in [0.1, 0.15) is 10.5 Å². The van der Waals surface area contributed by atoms with Gasteiger partial charge in [0.1, 0.15) is 0 Å². The average Bonchev–Trinajstić information content (AvgIpc) is 2.96. The van der Waals surface area contributed by atoms with Gasteiger partial charge in [-0.15, -0.1) is 0 Å². The minimum atomic E-state index is -0.223. The first kappa shape index (κ1) is 13.6. The summed E-state index contributed by atoms with van der Waals surface area (Å²) in [6.07, 6.45) is 3.38. The molecule has 106 valence electrons. The third-order valence-corrected chi connectivity index (χ3v) is 3.33. The number of thiol groups is 1. The molecule has 0 saturated carbocycles. The zero-order valence-corrected chi connectivity index (χ0v) is 12.1. The Morgan fingerprint density at radius 1 is 1.24 bits per heavy atom. The largest absolute Gasteiger partial charge is 0.350 e. The molecule has 0 aliphatic carbocycles. The number of carbonyl (C=O) groups is 1. The van der Waals surface area contributed by atoms with Gasteiger partial charge < -0.3 is 5.32 Å². The second-order valence-corrected chi connectivity index (χ2v) is 4.91. The normalized spacial score (nSPS) is 10.7. The van der Waals surface area contributed by atoms with Crippen molar-refractivity contribution in [3.8, 4) is 5.69 Å². The molecule has 0 unspecified atom stereocenters. The van der Waals surface area contributed by atoms with Gasteiger partial charge in [0, 0.05) is 23.9 Å². The minimum Gasteiger partial charge on any atom is -0.350 e. The summed E-state index contributed by atoms with van der Waals surface area (Å²) in [5.74, 6) is 0.359. The van der Waals surface area contributed by atoms with Gasteiger partial charge in [0.15, 0.2) is 5.69 Å². The summed E-state index contributed by atoms with van der Waals surface area (Å²) < 4.78 is 1.73. The first-order chi connectivity index (χ1) is 10.3. The van der Waals surface area contributed by atoms with E-state index in [1.54, 1.807) is 23.1 Å². The Balaban J connectivity index is 2.08. The average molecular weight is 298 g/mol. The SMILES string of the molecule is O=C(NCCS)c1ncccc1-n1ncc2ccccc21. The van der Waals surface area contributed by atoms with Crippen molar-refractivity contribution >= 4 is 29.4 Å². The molecule has 0 fully saturated rings. The highest BCUT2D eigenvalue weighted by Crippen LogP contribution is 2.19. The topological polar surface area (TPSA) is 59.8 Å². The quantitative estimate of drug-likeness (QED) is 0.725. The first-order valence-electron chi connectivity index (χ1n) is 6.58. The predicted molar refractivity (Wildman–Crippen MR) is 85.1 cm³/mol. The molecule has 2 heterocycles. The van der Waals surface area contributed by atoms with Crippen LogP contribution in [0, 0.1) is 0 Å². The van der Waals surface area contributed by atoms with E-state index in [1.807, 2.05) is 30.3 Å². The number of para-hydroxylation sites is 1. The van der Waals surface area contributed by atoms with E-state index in [2.05, 4.69) is 28.0 Å². The molecule has 1 amide bonds. The molecule has 3 aromatic rings. The van der Waals surface area contributed by atoms with E-state index in [0.717, 1.165) is 10.9 Å². The van der Waals surface area contributed by atoms with E-state index in [9.17, 15) is 4.79 Å². The molecule has 2 aromatic heterocycles. The third kappa shape index (κ3) is 2.62. The number of hydrogen-bond donors (Lipinski definition) is 2. The number of nitrogens with zero attached hydrogens (tertiary/aromatic N) is 3. The van der Waals surface area contributed by atoms with Gasteiger partial charge in [-0.3, -0.25) is 4.79 Å². The van der Waals surface area contributed by atoms with E-state index < -0.39 is 0 Å². The number of benzene rings is 1. The molecule has 1 aromatic carbocycles. The molecular formula is C15H14N4OS. The lowest BCUT2D eigenvalue weighted by Crippen LogP contribution is -2.27. The smallest absolute Gasteiger partial charge is 0.272 e. The van der Waals surface area contributed by atoms with E-state index in [4.69, 9.17) is 0 Å². The second kappa shape index (κ2) is 5.97. The molecule has 21 heavy (non-hydrogen) atoms. The van der Waals surface area contributed by atoms with Crippen LogP contribution in [0.5, 0.6) is 0 Å². The first-order valence-corrected chi connectivity index (χ1v) is 7.21. The van der Waals surface area contributed by atoms with Crippen molar-refractivity contribution in [3.05, 3.63) is 54.5 Å². The lowest BCUT2D eigenvalue weighted by molar-refractivity contribution is 0.0951. The van der Waals surface area contributed by atoms with E-state index in [0.29, 0.717) is 23.7 Å². The number of rotatable bonds is 4. The fraction of sp³-hybridized carbons (Fsp3) is 0.133. The van der Waals surface area contributed by atoms with Crippen molar-refractivity contribution in [3.63, 3.8) is 0 Å². The molecule has 1 N–H and O–H groups in total. The standard InChI is InChI=1S/C15H14N4OS/c20-15(17-8-9-21)14-13(6-3-7-16-14)19-12-5-2-1-4-11(12)10-18-19/h1-7,10,21H,8-9H2,(H,17,20). The van der Waals surface area contributed by atoms with Gasteiger partial charge in [0.05, 0.1) is 17.4 Å². The Hall–Kier alpha value is -2.34. The van der Waals surface area contributed by atoms with Gasteiger partial charge in [-0.2, -0.15) is 17.7 Å². The molecule has 0 aliphatic rings. The molecule has 6 heteroatoms. The van der Waals surface area contributed by atoms with Crippen LogP contribution < -0.4 is 5.32 Å². The maximum Gasteiger partial charge on any atom is 0.272 e. The van der Waals surface area contributed by atoms with E-state index in [1.165, 1.54) is 0 Å². The van der Waals surface area contributed by atoms with Crippen LogP contribution in [0.15, 0.2) is 48.8 Å².